The monoisotopic (exact) mass is 440 g/mol. The number of hydrogen-bond donors (Lipinski definition) is 1. The third kappa shape index (κ3) is 4.74. The zero-order valence-electron chi connectivity index (χ0n) is 18.6. The van der Waals surface area contributed by atoms with E-state index in [2.05, 4.69) is 5.32 Å². The van der Waals surface area contributed by atoms with Gasteiger partial charge in [0.1, 0.15) is 5.82 Å². The zero-order valence-corrected chi connectivity index (χ0v) is 18.6. The first-order chi connectivity index (χ1) is 15.2. The topological polar surface area (TPSA) is 78.8 Å². The number of carbonyl (C=O) groups is 2. The van der Waals surface area contributed by atoms with E-state index in [-0.39, 0.29) is 17.5 Å². The van der Waals surface area contributed by atoms with Gasteiger partial charge in [-0.25, -0.2) is 9.18 Å². The van der Waals surface area contributed by atoms with Crippen LogP contribution >= 0.6 is 0 Å². The van der Waals surface area contributed by atoms with Crippen LogP contribution in [0, 0.1) is 5.82 Å². The number of aryl methyl sites for hydroxylation is 1. The molecule has 0 saturated carbocycles. The highest BCUT2D eigenvalue weighted by Gasteiger charge is 2.25. The molecular formula is C24H25FN2O5. The van der Waals surface area contributed by atoms with Gasteiger partial charge < -0.3 is 24.1 Å². The lowest BCUT2D eigenvalue weighted by atomic mass is 10.1. The summed E-state index contributed by atoms with van der Waals surface area (Å²) in [6.07, 6.45) is 1.29. The highest BCUT2D eigenvalue weighted by Crippen LogP contribution is 2.35. The molecule has 1 aromatic heterocycles. The van der Waals surface area contributed by atoms with Crippen molar-refractivity contribution in [1.29, 1.82) is 0 Å². The Morgan fingerprint density at radius 2 is 1.75 bits per heavy atom. The molecule has 3 aromatic rings. The van der Waals surface area contributed by atoms with E-state index in [4.69, 9.17) is 14.2 Å². The average Bonchev–Trinajstić information content (AvgIpc) is 3.08. The minimum Gasteiger partial charge on any atom is -0.493 e. The van der Waals surface area contributed by atoms with Crippen molar-refractivity contribution >= 4 is 17.6 Å². The predicted molar refractivity (Wildman–Crippen MR) is 119 cm³/mol. The van der Waals surface area contributed by atoms with E-state index in [1.807, 2.05) is 0 Å². The Morgan fingerprint density at radius 1 is 1.03 bits per heavy atom. The van der Waals surface area contributed by atoms with Crippen molar-refractivity contribution in [3.63, 3.8) is 0 Å². The highest BCUT2D eigenvalue weighted by molar-refractivity contribution is 6.11. The molecule has 0 atom stereocenters. The number of esters is 1. The van der Waals surface area contributed by atoms with Gasteiger partial charge in [0.15, 0.2) is 17.2 Å². The number of anilines is 1. The lowest BCUT2D eigenvalue weighted by Gasteiger charge is -2.13. The van der Waals surface area contributed by atoms with E-state index in [9.17, 15) is 14.0 Å². The number of ether oxygens (including phenoxy) is 3. The molecule has 0 spiro atoms. The highest BCUT2D eigenvalue weighted by atomic mass is 19.1. The summed E-state index contributed by atoms with van der Waals surface area (Å²) < 4.78 is 31.3. The molecule has 0 aliphatic rings. The minimum absolute atomic E-state index is 0.145. The molecule has 1 amide bonds. The maximum absolute atomic E-state index is 13.9. The summed E-state index contributed by atoms with van der Waals surface area (Å²) in [7, 11) is 4.63. The van der Waals surface area contributed by atoms with Crippen LogP contribution in [0.1, 0.15) is 34.7 Å². The van der Waals surface area contributed by atoms with Crippen LogP contribution in [0.2, 0.25) is 0 Å². The SMILES string of the molecule is COc1ccc(C(=O)Nc2c(-c3cccc(F)c3)cn(C)c2C(=O)OC(C)C)cc1OC. The second kappa shape index (κ2) is 9.55. The molecule has 0 bridgehead atoms. The van der Waals surface area contributed by atoms with E-state index >= 15 is 0 Å². The molecule has 0 saturated heterocycles. The van der Waals surface area contributed by atoms with Gasteiger partial charge in [0.2, 0.25) is 0 Å². The number of rotatable bonds is 7. The molecule has 8 heteroatoms. The second-order valence-corrected chi connectivity index (χ2v) is 7.37. The summed E-state index contributed by atoms with van der Waals surface area (Å²) in [5.74, 6) is -0.653. The standard InChI is InChI=1S/C24H25FN2O5/c1-14(2)32-24(29)22-21(18(13-27(22)3)15-7-6-8-17(25)11-15)26-23(28)16-9-10-19(30-4)20(12-16)31-5/h6-14H,1-5H3,(H,26,28). The number of aromatic nitrogens is 1. The molecule has 0 fully saturated rings. The van der Waals surface area contributed by atoms with Gasteiger partial charge in [-0.2, -0.15) is 0 Å². The molecule has 0 unspecified atom stereocenters. The quantitative estimate of drug-likeness (QED) is 0.541. The van der Waals surface area contributed by atoms with Gasteiger partial charge in [-0.3, -0.25) is 4.79 Å². The zero-order chi connectivity index (χ0) is 23.4. The van der Waals surface area contributed by atoms with Crippen molar-refractivity contribution in [2.45, 2.75) is 20.0 Å². The van der Waals surface area contributed by atoms with Crippen molar-refractivity contribution in [2.24, 2.45) is 7.05 Å². The molecule has 7 nitrogen and oxygen atoms in total. The Balaban J connectivity index is 2.08. The number of nitrogens with zero attached hydrogens (tertiary/aromatic N) is 1. The van der Waals surface area contributed by atoms with Crippen molar-refractivity contribution in [1.82, 2.24) is 4.57 Å². The van der Waals surface area contributed by atoms with Crippen LogP contribution in [0.25, 0.3) is 11.1 Å². The molecule has 0 aliphatic heterocycles. The van der Waals surface area contributed by atoms with Crippen LogP contribution in [-0.2, 0) is 11.8 Å². The summed E-state index contributed by atoms with van der Waals surface area (Å²) in [4.78, 5) is 25.9. The second-order valence-electron chi connectivity index (χ2n) is 7.37. The average molecular weight is 440 g/mol. The van der Waals surface area contributed by atoms with E-state index in [1.54, 1.807) is 55.9 Å². The van der Waals surface area contributed by atoms with E-state index in [1.165, 1.54) is 32.4 Å². The van der Waals surface area contributed by atoms with Gasteiger partial charge in [0.25, 0.3) is 5.91 Å². The lowest BCUT2D eigenvalue weighted by molar-refractivity contribution is 0.0368. The number of carbonyl (C=O) groups excluding carboxylic acids is 2. The van der Waals surface area contributed by atoms with Crippen LogP contribution in [0.4, 0.5) is 10.1 Å². The molecule has 1 heterocycles. The van der Waals surface area contributed by atoms with Crippen LogP contribution in [-0.4, -0.2) is 36.8 Å². The van der Waals surface area contributed by atoms with Crippen LogP contribution in [0.15, 0.2) is 48.7 Å². The Hall–Kier alpha value is -3.81. The molecule has 0 radical (unpaired) electrons. The maximum Gasteiger partial charge on any atom is 0.357 e. The Labute approximate surface area is 185 Å². The number of benzene rings is 2. The number of hydrogen-bond acceptors (Lipinski definition) is 5. The normalized spacial score (nSPS) is 10.7. The Morgan fingerprint density at radius 3 is 2.38 bits per heavy atom. The van der Waals surface area contributed by atoms with Gasteiger partial charge in [-0.05, 0) is 49.7 Å². The van der Waals surface area contributed by atoms with Crippen LogP contribution < -0.4 is 14.8 Å². The van der Waals surface area contributed by atoms with Crippen LogP contribution in [0.5, 0.6) is 11.5 Å². The van der Waals surface area contributed by atoms with E-state index < -0.39 is 17.7 Å². The molecule has 3 rings (SSSR count). The molecule has 1 N–H and O–H groups in total. The summed E-state index contributed by atoms with van der Waals surface area (Å²) in [6.45, 7) is 3.46. The molecule has 168 valence electrons. The predicted octanol–water partition coefficient (Wildman–Crippen LogP) is 4.67. The van der Waals surface area contributed by atoms with Gasteiger partial charge >= 0.3 is 5.97 Å². The van der Waals surface area contributed by atoms with E-state index in [0.717, 1.165) is 0 Å². The minimum atomic E-state index is -0.604. The third-order valence-electron chi connectivity index (χ3n) is 4.74. The van der Waals surface area contributed by atoms with Gasteiger partial charge in [-0.15, -0.1) is 0 Å². The summed E-state index contributed by atoms with van der Waals surface area (Å²) in [5.41, 5.74) is 1.65. The third-order valence-corrected chi connectivity index (χ3v) is 4.74. The maximum atomic E-state index is 13.9. The first-order valence-corrected chi connectivity index (χ1v) is 9.94. The molecule has 0 aliphatic carbocycles. The largest absolute Gasteiger partial charge is 0.493 e. The number of methoxy groups -OCH3 is 2. The van der Waals surface area contributed by atoms with E-state index in [0.29, 0.717) is 28.2 Å². The Kier molecular flexibility index (Phi) is 6.82. The van der Waals surface area contributed by atoms with Crippen molar-refractivity contribution in [3.8, 4) is 22.6 Å². The van der Waals surface area contributed by atoms with Crippen molar-refractivity contribution in [2.75, 3.05) is 19.5 Å². The molecule has 2 aromatic carbocycles. The number of nitrogens with one attached hydrogen (secondary N) is 1. The molecule has 32 heavy (non-hydrogen) atoms. The summed E-state index contributed by atoms with van der Waals surface area (Å²) in [6, 6.07) is 10.6. The summed E-state index contributed by atoms with van der Waals surface area (Å²) in [5, 5.41) is 2.80. The van der Waals surface area contributed by atoms with Crippen LogP contribution in [0.3, 0.4) is 0 Å². The number of halogens is 1. The fourth-order valence-electron chi connectivity index (χ4n) is 3.31. The number of amides is 1. The van der Waals surface area contributed by atoms with Gasteiger partial charge in [-0.1, -0.05) is 12.1 Å². The fraction of sp³-hybridized carbons (Fsp3) is 0.250. The first-order valence-electron chi connectivity index (χ1n) is 9.94. The molecular weight excluding hydrogens is 415 g/mol. The van der Waals surface area contributed by atoms with Gasteiger partial charge in [0.05, 0.1) is 26.0 Å². The summed E-state index contributed by atoms with van der Waals surface area (Å²) >= 11 is 0. The Bertz CT molecular complexity index is 1150. The lowest BCUT2D eigenvalue weighted by Crippen LogP contribution is -2.19. The van der Waals surface area contributed by atoms with Crippen molar-refractivity contribution in [3.05, 3.63) is 65.7 Å². The first kappa shape index (κ1) is 22.9. The fourth-order valence-corrected chi connectivity index (χ4v) is 3.31. The van der Waals surface area contributed by atoms with Gasteiger partial charge in [0, 0.05) is 24.4 Å². The smallest absolute Gasteiger partial charge is 0.357 e. The van der Waals surface area contributed by atoms with Crippen molar-refractivity contribution < 1.29 is 28.2 Å².